The first-order chi connectivity index (χ1) is 8.89. The summed E-state index contributed by atoms with van der Waals surface area (Å²) in [5.74, 6) is 1.30. The van der Waals surface area contributed by atoms with Crippen LogP contribution >= 0.6 is 0 Å². The van der Waals surface area contributed by atoms with Crippen LogP contribution in [0.5, 0.6) is 0 Å². The summed E-state index contributed by atoms with van der Waals surface area (Å²) in [7, 11) is 0. The van der Waals surface area contributed by atoms with Gasteiger partial charge in [0, 0.05) is 6.42 Å². The Balaban J connectivity index is 2.24. The van der Waals surface area contributed by atoms with Crippen molar-refractivity contribution in [3.05, 3.63) is 23.7 Å². The van der Waals surface area contributed by atoms with E-state index < -0.39 is 11.0 Å². The first-order valence-electron chi connectivity index (χ1n) is 6.78. The van der Waals surface area contributed by atoms with E-state index in [-0.39, 0.29) is 5.97 Å². The molecule has 1 aromatic heterocycles. The van der Waals surface area contributed by atoms with Crippen LogP contribution < -0.4 is 0 Å². The highest BCUT2D eigenvalue weighted by molar-refractivity contribution is 5.76. The highest BCUT2D eigenvalue weighted by Gasteiger charge is 2.45. The molecular weight excluding hydrogens is 244 g/mol. The number of aryl methyl sites for hydroxylation is 1. The Morgan fingerprint density at radius 2 is 2.21 bits per heavy atom. The molecule has 1 fully saturated rings. The maximum Gasteiger partial charge on any atom is 0.312 e. The Kier molecular flexibility index (Phi) is 3.72. The van der Waals surface area contributed by atoms with Crippen LogP contribution in [0.3, 0.4) is 0 Å². The lowest BCUT2D eigenvalue weighted by atomic mass is 9.89. The molecule has 1 aliphatic heterocycles. The SMILES string of the molecule is CCC(C)(C)C(=O)OC1(c2ccc(C)o2)CCOC1. The Hall–Kier alpha value is -1.29. The first kappa shape index (κ1) is 14.1. The van der Waals surface area contributed by atoms with Gasteiger partial charge in [0.15, 0.2) is 5.60 Å². The maximum atomic E-state index is 12.3. The van der Waals surface area contributed by atoms with Gasteiger partial charge >= 0.3 is 5.97 Å². The fraction of sp³-hybridized carbons (Fsp3) is 0.667. The van der Waals surface area contributed by atoms with Crippen LogP contribution in [0.25, 0.3) is 0 Å². The van der Waals surface area contributed by atoms with Crippen LogP contribution in [0.15, 0.2) is 16.5 Å². The maximum absolute atomic E-state index is 12.3. The van der Waals surface area contributed by atoms with Gasteiger partial charge in [-0.2, -0.15) is 0 Å². The predicted molar refractivity (Wildman–Crippen MR) is 70.7 cm³/mol. The summed E-state index contributed by atoms with van der Waals surface area (Å²) in [4.78, 5) is 12.3. The molecule has 0 aromatic carbocycles. The molecule has 0 saturated carbocycles. The highest BCUT2D eigenvalue weighted by Crippen LogP contribution is 2.38. The van der Waals surface area contributed by atoms with Crippen LogP contribution in [-0.2, 0) is 19.9 Å². The van der Waals surface area contributed by atoms with E-state index in [4.69, 9.17) is 13.9 Å². The molecule has 0 radical (unpaired) electrons. The van der Waals surface area contributed by atoms with E-state index >= 15 is 0 Å². The van der Waals surface area contributed by atoms with E-state index in [2.05, 4.69) is 0 Å². The molecule has 0 bridgehead atoms. The predicted octanol–water partition coefficient (Wildman–Crippen LogP) is 3.18. The normalized spacial score (nSPS) is 23.6. The van der Waals surface area contributed by atoms with E-state index in [0.717, 1.165) is 12.2 Å². The minimum atomic E-state index is -0.752. The molecule has 4 nitrogen and oxygen atoms in total. The molecule has 106 valence electrons. The Bertz CT molecular complexity index is 452. The van der Waals surface area contributed by atoms with Gasteiger partial charge in [-0.3, -0.25) is 4.79 Å². The monoisotopic (exact) mass is 266 g/mol. The zero-order valence-corrected chi connectivity index (χ0v) is 12.1. The van der Waals surface area contributed by atoms with Crippen molar-refractivity contribution in [2.24, 2.45) is 5.41 Å². The van der Waals surface area contributed by atoms with Crippen LogP contribution in [0, 0.1) is 12.3 Å². The summed E-state index contributed by atoms with van der Waals surface area (Å²) in [6.07, 6.45) is 1.38. The number of hydrogen-bond acceptors (Lipinski definition) is 4. The van der Waals surface area contributed by atoms with Gasteiger partial charge in [0.1, 0.15) is 11.5 Å². The lowest BCUT2D eigenvalue weighted by molar-refractivity contribution is -0.174. The van der Waals surface area contributed by atoms with E-state index in [1.54, 1.807) is 0 Å². The number of hydrogen-bond donors (Lipinski definition) is 0. The average molecular weight is 266 g/mol. The summed E-state index contributed by atoms with van der Waals surface area (Å²) >= 11 is 0. The van der Waals surface area contributed by atoms with Gasteiger partial charge in [-0.05, 0) is 39.3 Å². The molecule has 4 heteroatoms. The number of ether oxygens (including phenoxy) is 2. The van der Waals surface area contributed by atoms with Gasteiger partial charge in [-0.25, -0.2) is 0 Å². The lowest BCUT2D eigenvalue weighted by Gasteiger charge is -2.30. The van der Waals surface area contributed by atoms with Crippen LogP contribution in [-0.4, -0.2) is 19.2 Å². The molecule has 1 atom stereocenters. The van der Waals surface area contributed by atoms with Gasteiger partial charge in [0.05, 0.1) is 18.6 Å². The molecule has 2 rings (SSSR count). The second-order valence-electron chi connectivity index (χ2n) is 5.83. The molecule has 0 N–H and O–H groups in total. The van der Waals surface area contributed by atoms with Crippen molar-refractivity contribution in [2.45, 2.75) is 46.1 Å². The van der Waals surface area contributed by atoms with Crippen molar-refractivity contribution in [3.63, 3.8) is 0 Å². The minimum absolute atomic E-state index is 0.199. The van der Waals surface area contributed by atoms with E-state index in [0.29, 0.717) is 25.4 Å². The second-order valence-corrected chi connectivity index (χ2v) is 5.83. The van der Waals surface area contributed by atoms with E-state index in [1.807, 2.05) is 39.8 Å². The van der Waals surface area contributed by atoms with Crippen molar-refractivity contribution in [3.8, 4) is 0 Å². The van der Waals surface area contributed by atoms with Crippen molar-refractivity contribution in [1.82, 2.24) is 0 Å². The summed E-state index contributed by atoms with van der Waals surface area (Å²) < 4.78 is 16.9. The number of rotatable bonds is 4. The topological polar surface area (TPSA) is 48.7 Å². The van der Waals surface area contributed by atoms with Crippen molar-refractivity contribution in [1.29, 1.82) is 0 Å². The first-order valence-corrected chi connectivity index (χ1v) is 6.78. The molecule has 0 aliphatic carbocycles. The standard InChI is InChI=1S/C15H22O4/c1-5-14(3,4)13(16)19-15(8-9-17-10-15)12-7-6-11(2)18-12/h6-7H,5,8-10H2,1-4H3. The van der Waals surface area contributed by atoms with Crippen molar-refractivity contribution in [2.75, 3.05) is 13.2 Å². The summed E-state index contributed by atoms with van der Waals surface area (Å²) in [5.41, 5.74) is -1.24. The third kappa shape index (κ3) is 2.68. The Morgan fingerprint density at radius 3 is 2.68 bits per heavy atom. The van der Waals surface area contributed by atoms with Gasteiger partial charge in [-0.1, -0.05) is 6.92 Å². The molecule has 1 aromatic rings. The second kappa shape index (κ2) is 5.00. The Morgan fingerprint density at radius 1 is 1.47 bits per heavy atom. The molecule has 1 saturated heterocycles. The molecule has 1 unspecified atom stereocenters. The summed E-state index contributed by atoms with van der Waals surface area (Å²) in [5, 5.41) is 0. The quantitative estimate of drug-likeness (QED) is 0.785. The highest BCUT2D eigenvalue weighted by atomic mass is 16.6. The zero-order valence-electron chi connectivity index (χ0n) is 12.1. The molecule has 1 aliphatic rings. The lowest BCUT2D eigenvalue weighted by Crippen LogP contribution is -2.38. The van der Waals surface area contributed by atoms with E-state index in [9.17, 15) is 4.79 Å². The van der Waals surface area contributed by atoms with Crippen LogP contribution in [0.2, 0.25) is 0 Å². The molecule has 0 spiro atoms. The minimum Gasteiger partial charge on any atom is -0.462 e. The summed E-state index contributed by atoms with van der Waals surface area (Å²) in [6, 6.07) is 3.75. The van der Waals surface area contributed by atoms with Crippen LogP contribution in [0.1, 0.15) is 45.1 Å². The number of carbonyl (C=O) groups is 1. The van der Waals surface area contributed by atoms with E-state index in [1.165, 1.54) is 0 Å². The Labute approximate surface area is 114 Å². The van der Waals surface area contributed by atoms with Gasteiger partial charge < -0.3 is 13.9 Å². The fourth-order valence-electron chi connectivity index (χ4n) is 2.01. The average Bonchev–Trinajstić information content (AvgIpc) is 2.99. The molecule has 2 heterocycles. The van der Waals surface area contributed by atoms with Gasteiger partial charge in [-0.15, -0.1) is 0 Å². The molecular formula is C15H22O4. The third-order valence-corrected chi connectivity index (χ3v) is 3.90. The van der Waals surface area contributed by atoms with Gasteiger partial charge in [0.25, 0.3) is 0 Å². The summed E-state index contributed by atoms with van der Waals surface area (Å²) in [6.45, 7) is 8.60. The largest absolute Gasteiger partial charge is 0.462 e. The van der Waals surface area contributed by atoms with Gasteiger partial charge in [0.2, 0.25) is 0 Å². The molecule has 0 amide bonds. The number of furan rings is 1. The number of carbonyl (C=O) groups excluding carboxylic acids is 1. The van der Waals surface area contributed by atoms with Crippen molar-refractivity contribution >= 4 is 5.97 Å². The fourth-order valence-corrected chi connectivity index (χ4v) is 2.01. The van der Waals surface area contributed by atoms with Crippen molar-refractivity contribution < 1.29 is 18.7 Å². The zero-order chi connectivity index (χ0) is 14.1. The van der Waals surface area contributed by atoms with Crippen LogP contribution in [0.4, 0.5) is 0 Å². The molecule has 19 heavy (non-hydrogen) atoms. The third-order valence-electron chi connectivity index (χ3n) is 3.90. The smallest absolute Gasteiger partial charge is 0.312 e. The number of esters is 1.